The number of ether oxygens (including phenoxy) is 1. The number of anilines is 1. The molecule has 10 heteroatoms. The first-order chi connectivity index (χ1) is 12.3. The van der Waals surface area contributed by atoms with Crippen molar-refractivity contribution in [1.29, 1.82) is 0 Å². The lowest BCUT2D eigenvalue weighted by atomic mass is 10.2. The van der Waals surface area contributed by atoms with Gasteiger partial charge in [0.05, 0.1) is 17.9 Å². The van der Waals surface area contributed by atoms with E-state index < -0.39 is 5.60 Å². The Morgan fingerprint density at radius 2 is 2.12 bits per heavy atom. The number of aryl methyl sites for hydroxylation is 1. The van der Waals surface area contributed by atoms with E-state index in [1.165, 1.54) is 11.3 Å². The van der Waals surface area contributed by atoms with Crippen LogP contribution < -0.4 is 5.32 Å². The van der Waals surface area contributed by atoms with E-state index in [0.29, 0.717) is 41.6 Å². The maximum Gasteiger partial charge on any atom is 0.410 e. The van der Waals surface area contributed by atoms with Crippen molar-refractivity contribution >= 4 is 40.0 Å². The number of nitrogens with one attached hydrogen (secondary N) is 1. The lowest BCUT2D eigenvalue weighted by molar-refractivity contribution is 0.0225. The van der Waals surface area contributed by atoms with Gasteiger partial charge >= 0.3 is 6.09 Å². The summed E-state index contributed by atoms with van der Waals surface area (Å²) in [5, 5.41) is 7.31. The highest BCUT2D eigenvalue weighted by Crippen LogP contribution is 2.29. The van der Waals surface area contributed by atoms with E-state index in [-0.39, 0.29) is 12.0 Å². The second-order valence-electron chi connectivity index (χ2n) is 6.90. The number of aromatic nitrogens is 3. The van der Waals surface area contributed by atoms with E-state index in [4.69, 9.17) is 4.74 Å². The topological polar surface area (TPSA) is 97.3 Å². The summed E-state index contributed by atoms with van der Waals surface area (Å²) < 4.78 is 9.26. The average molecular weight is 396 g/mol. The van der Waals surface area contributed by atoms with Gasteiger partial charge in [-0.25, -0.2) is 9.78 Å². The SMILES string of the molecule is CCc1nnsc1C(=O)Nc1nc2c(s1)CN(C(=O)OC(C)(C)C)CC2. The fraction of sp³-hybridized carbons (Fsp3) is 0.562. The Morgan fingerprint density at radius 3 is 2.81 bits per heavy atom. The van der Waals surface area contributed by atoms with Crippen molar-refractivity contribution in [1.82, 2.24) is 19.5 Å². The van der Waals surface area contributed by atoms with Crippen LogP contribution in [0.2, 0.25) is 0 Å². The van der Waals surface area contributed by atoms with Crippen molar-refractivity contribution in [3.8, 4) is 0 Å². The Morgan fingerprint density at radius 1 is 1.35 bits per heavy atom. The molecule has 3 rings (SSSR count). The van der Waals surface area contributed by atoms with Crippen LogP contribution in [0.4, 0.5) is 9.93 Å². The van der Waals surface area contributed by atoms with Crippen LogP contribution in [0.25, 0.3) is 0 Å². The number of carbonyl (C=O) groups excluding carboxylic acids is 2. The van der Waals surface area contributed by atoms with Gasteiger partial charge in [-0.15, -0.1) is 5.10 Å². The molecule has 140 valence electrons. The Hall–Kier alpha value is -2.07. The molecule has 2 aromatic rings. The minimum atomic E-state index is -0.524. The van der Waals surface area contributed by atoms with E-state index in [0.717, 1.165) is 22.1 Å². The maximum atomic E-state index is 12.4. The maximum absolute atomic E-state index is 12.4. The van der Waals surface area contributed by atoms with Crippen molar-refractivity contribution in [2.24, 2.45) is 0 Å². The van der Waals surface area contributed by atoms with Gasteiger partial charge in [0.15, 0.2) is 5.13 Å². The molecule has 3 heterocycles. The van der Waals surface area contributed by atoms with Gasteiger partial charge in [-0.05, 0) is 38.7 Å². The average Bonchev–Trinajstić information content (AvgIpc) is 3.18. The van der Waals surface area contributed by atoms with Crippen molar-refractivity contribution in [3.05, 3.63) is 21.1 Å². The lowest BCUT2D eigenvalue weighted by Crippen LogP contribution is -2.39. The molecule has 0 saturated carbocycles. The van der Waals surface area contributed by atoms with Gasteiger partial charge in [0.1, 0.15) is 10.5 Å². The predicted molar refractivity (Wildman–Crippen MR) is 99.7 cm³/mol. The number of hydrogen-bond donors (Lipinski definition) is 1. The summed E-state index contributed by atoms with van der Waals surface area (Å²) in [6.07, 6.45) is 0.965. The molecule has 0 saturated heterocycles. The van der Waals surface area contributed by atoms with Gasteiger partial charge in [-0.3, -0.25) is 10.1 Å². The number of nitrogens with zero attached hydrogens (tertiary/aromatic N) is 4. The highest BCUT2D eigenvalue weighted by molar-refractivity contribution is 7.16. The van der Waals surface area contributed by atoms with E-state index in [2.05, 4.69) is 19.9 Å². The standard InChI is InChI=1S/C16H21N5O3S2/c1-5-9-12(26-20-19-9)13(22)18-14-17-10-6-7-21(8-11(10)25-14)15(23)24-16(2,3)4/h5-8H2,1-4H3,(H,17,18,22). The Kier molecular flexibility index (Phi) is 5.24. The number of rotatable bonds is 3. The molecule has 1 N–H and O–H groups in total. The van der Waals surface area contributed by atoms with Gasteiger partial charge < -0.3 is 9.64 Å². The van der Waals surface area contributed by atoms with E-state index in [9.17, 15) is 9.59 Å². The van der Waals surface area contributed by atoms with Gasteiger partial charge in [-0.2, -0.15) is 0 Å². The molecule has 0 fully saturated rings. The molecule has 0 bridgehead atoms. The fourth-order valence-electron chi connectivity index (χ4n) is 2.50. The van der Waals surface area contributed by atoms with Crippen molar-refractivity contribution in [2.45, 2.75) is 52.7 Å². The Balaban J connectivity index is 1.68. The molecule has 0 atom stereocenters. The smallest absolute Gasteiger partial charge is 0.410 e. The van der Waals surface area contributed by atoms with Gasteiger partial charge in [0, 0.05) is 17.8 Å². The van der Waals surface area contributed by atoms with Gasteiger partial charge in [0.2, 0.25) is 0 Å². The minimum Gasteiger partial charge on any atom is -0.444 e. The molecule has 2 amide bonds. The van der Waals surface area contributed by atoms with Crippen molar-refractivity contribution in [2.75, 3.05) is 11.9 Å². The third-order valence-corrected chi connectivity index (χ3v) is 5.46. The summed E-state index contributed by atoms with van der Waals surface area (Å²) in [7, 11) is 0. The summed E-state index contributed by atoms with van der Waals surface area (Å²) in [6.45, 7) is 8.47. The monoisotopic (exact) mass is 395 g/mol. The molecule has 8 nitrogen and oxygen atoms in total. The highest BCUT2D eigenvalue weighted by Gasteiger charge is 2.28. The zero-order valence-electron chi connectivity index (χ0n) is 15.2. The second-order valence-corrected chi connectivity index (χ2v) is 8.73. The number of fused-ring (bicyclic) bond motifs is 1. The third kappa shape index (κ3) is 4.18. The summed E-state index contributed by atoms with van der Waals surface area (Å²) >= 11 is 2.46. The van der Waals surface area contributed by atoms with E-state index in [1.54, 1.807) is 4.90 Å². The first-order valence-electron chi connectivity index (χ1n) is 8.36. The summed E-state index contributed by atoms with van der Waals surface area (Å²) in [6, 6.07) is 0. The molecule has 2 aromatic heterocycles. The van der Waals surface area contributed by atoms with Gasteiger partial charge in [0.25, 0.3) is 5.91 Å². The third-order valence-electron chi connectivity index (χ3n) is 3.70. The molecule has 0 aliphatic carbocycles. The molecule has 0 aromatic carbocycles. The normalized spacial score (nSPS) is 14.1. The minimum absolute atomic E-state index is 0.244. The summed E-state index contributed by atoms with van der Waals surface area (Å²) in [5.74, 6) is -0.244. The zero-order chi connectivity index (χ0) is 18.9. The number of hydrogen-bond acceptors (Lipinski definition) is 8. The van der Waals surface area contributed by atoms with Gasteiger partial charge in [-0.1, -0.05) is 22.7 Å². The fourth-order valence-corrected chi connectivity index (χ4v) is 4.16. The molecular formula is C16H21N5O3S2. The summed E-state index contributed by atoms with van der Waals surface area (Å²) in [5.41, 5.74) is 1.08. The van der Waals surface area contributed by atoms with Crippen molar-refractivity contribution in [3.63, 3.8) is 0 Å². The van der Waals surface area contributed by atoms with Crippen LogP contribution in [-0.4, -0.2) is 43.6 Å². The summed E-state index contributed by atoms with van der Waals surface area (Å²) in [4.78, 5) is 32.3. The van der Waals surface area contributed by atoms with Crippen LogP contribution in [0.3, 0.4) is 0 Å². The Labute approximate surface area is 159 Å². The van der Waals surface area contributed by atoms with E-state index >= 15 is 0 Å². The molecule has 0 unspecified atom stereocenters. The molecule has 26 heavy (non-hydrogen) atoms. The first-order valence-corrected chi connectivity index (χ1v) is 9.95. The van der Waals surface area contributed by atoms with Crippen LogP contribution in [-0.2, 0) is 24.1 Å². The molecular weight excluding hydrogens is 374 g/mol. The second kappa shape index (κ2) is 7.28. The van der Waals surface area contributed by atoms with Crippen LogP contribution in [0, 0.1) is 0 Å². The lowest BCUT2D eigenvalue weighted by Gasteiger charge is -2.29. The predicted octanol–water partition coefficient (Wildman–Crippen LogP) is 3.10. The quantitative estimate of drug-likeness (QED) is 0.858. The zero-order valence-corrected chi connectivity index (χ0v) is 16.8. The van der Waals surface area contributed by atoms with Crippen LogP contribution in [0.15, 0.2) is 0 Å². The molecule has 1 aliphatic rings. The van der Waals surface area contributed by atoms with Crippen molar-refractivity contribution < 1.29 is 14.3 Å². The highest BCUT2D eigenvalue weighted by atomic mass is 32.1. The number of thiazole rings is 1. The largest absolute Gasteiger partial charge is 0.444 e. The first kappa shape index (κ1) is 18.7. The number of carbonyl (C=O) groups is 2. The van der Waals surface area contributed by atoms with Crippen LogP contribution in [0.5, 0.6) is 0 Å². The molecule has 1 aliphatic heterocycles. The number of amides is 2. The molecule has 0 radical (unpaired) electrons. The molecule has 0 spiro atoms. The van der Waals surface area contributed by atoms with Crippen LogP contribution in [0.1, 0.15) is 53.6 Å². The van der Waals surface area contributed by atoms with Crippen LogP contribution >= 0.6 is 22.9 Å². The van der Waals surface area contributed by atoms with E-state index in [1.807, 2.05) is 27.7 Å². The Bertz CT molecular complexity index is 824.